The van der Waals surface area contributed by atoms with E-state index in [9.17, 15) is 30.0 Å². The van der Waals surface area contributed by atoms with E-state index in [4.69, 9.17) is 4.74 Å². The van der Waals surface area contributed by atoms with Crippen LogP contribution in [0.25, 0.3) is 0 Å². The van der Waals surface area contributed by atoms with Gasteiger partial charge >= 0.3 is 5.97 Å². The number of carbonyl (C=O) groups excluding carboxylic acids is 2. The van der Waals surface area contributed by atoms with E-state index in [2.05, 4.69) is 6.92 Å². The number of rotatable bonds is 1. The Morgan fingerprint density at radius 3 is 2.37 bits per heavy atom. The van der Waals surface area contributed by atoms with Gasteiger partial charge in [0, 0.05) is 12.3 Å². The molecule has 7 aliphatic rings. The number of aliphatic hydroxyl groups is 4. The van der Waals surface area contributed by atoms with E-state index in [0.717, 1.165) is 12.8 Å². The molecule has 7 heteroatoms. The Morgan fingerprint density at radius 1 is 0.971 bits per heavy atom. The molecule has 6 fully saturated rings. The summed E-state index contributed by atoms with van der Waals surface area (Å²) in [6.45, 7) is 7.58. The van der Waals surface area contributed by atoms with Crippen LogP contribution in [0.3, 0.4) is 0 Å². The van der Waals surface area contributed by atoms with E-state index in [1.54, 1.807) is 26.0 Å². The highest BCUT2D eigenvalue weighted by Crippen LogP contribution is 2.70. The quantitative estimate of drug-likeness (QED) is 0.417. The Hall–Kier alpha value is -1.28. The largest absolute Gasteiger partial charge is 0.461 e. The van der Waals surface area contributed by atoms with Gasteiger partial charge in [0.05, 0.1) is 28.6 Å². The molecule has 5 aliphatic carbocycles. The topological polar surface area (TPSA) is 124 Å². The van der Waals surface area contributed by atoms with Gasteiger partial charge in [0.15, 0.2) is 5.78 Å². The van der Waals surface area contributed by atoms with Gasteiger partial charge in [-0.15, -0.1) is 0 Å². The van der Waals surface area contributed by atoms with Gasteiger partial charge < -0.3 is 25.2 Å². The summed E-state index contributed by atoms with van der Waals surface area (Å²) in [5.74, 6) is -0.526. The number of ketones is 1. The van der Waals surface area contributed by atoms with Crippen molar-refractivity contribution in [2.24, 2.45) is 45.8 Å². The van der Waals surface area contributed by atoms with Crippen LogP contribution in [-0.2, 0) is 14.3 Å². The van der Waals surface area contributed by atoms with E-state index in [1.165, 1.54) is 0 Å². The van der Waals surface area contributed by atoms with Gasteiger partial charge in [-0.05, 0) is 94.5 Å². The third kappa shape index (κ3) is 2.66. The van der Waals surface area contributed by atoms with Crippen molar-refractivity contribution >= 4 is 11.8 Å². The summed E-state index contributed by atoms with van der Waals surface area (Å²) in [7, 11) is 0. The zero-order chi connectivity index (χ0) is 25.3. The van der Waals surface area contributed by atoms with E-state index in [-0.39, 0.29) is 53.2 Å². The predicted molar refractivity (Wildman–Crippen MR) is 126 cm³/mol. The van der Waals surface area contributed by atoms with Crippen LogP contribution in [0.15, 0.2) is 12.2 Å². The van der Waals surface area contributed by atoms with E-state index in [0.29, 0.717) is 25.7 Å². The van der Waals surface area contributed by atoms with Crippen molar-refractivity contribution in [1.82, 2.24) is 0 Å². The third-order valence-electron chi connectivity index (χ3n) is 12.5. The molecule has 0 unspecified atom stereocenters. The Kier molecular flexibility index (Phi) is 4.80. The second-order valence-electron chi connectivity index (χ2n) is 13.7. The molecule has 35 heavy (non-hydrogen) atoms. The molecule has 0 aromatic rings. The summed E-state index contributed by atoms with van der Waals surface area (Å²) >= 11 is 0. The molecule has 2 aliphatic heterocycles. The van der Waals surface area contributed by atoms with Crippen molar-refractivity contribution in [2.45, 2.75) is 102 Å². The lowest BCUT2D eigenvalue weighted by Crippen LogP contribution is -2.69. The number of allylic oxidation sites excluding steroid dienone is 1. The summed E-state index contributed by atoms with van der Waals surface area (Å²) in [6.07, 6.45) is 4.97. The molecule has 7 rings (SSSR count). The number of ether oxygens (including phenoxy) is 1. The van der Waals surface area contributed by atoms with Crippen LogP contribution in [-0.4, -0.2) is 61.7 Å². The molecule has 0 aromatic heterocycles. The summed E-state index contributed by atoms with van der Waals surface area (Å²) in [4.78, 5) is 26.0. The Bertz CT molecular complexity index is 1010. The Labute approximate surface area is 206 Å². The molecule has 4 saturated carbocycles. The maximum Gasteiger partial charge on any atom is 0.315 e. The van der Waals surface area contributed by atoms with Gasteiger partial charge in [-0.3, -0.25) is 9.59 Å². The molecular formula is C28H40O7. The predicted octanol–water partition coefficient (Wildman–Crippen LogP) is 2.14. The third-order valence-corrected chi connectivity index (χ3v) is 12.5. The second kappa shape index (κ2) is 6.97. The van der Waals surface area contributed by atoms with Crippen LogP contribution in [0.5, 0.6) is 0 Å². The lowest BCUT2D eigenvalue weighted by molar-refractivity contribution is -0.249. The first-order valence-corrected chi connectivity index (χ1v) is 13.4. The monoisotopic (exact) mass is 488 g/mol. The first-order valence-electron chi connectivity index (χ1n) is 13.4. The Balaban J connectivity index is 1.35. The number of fused-ring (bicyclic) bond motifs is 8. The molecule has 2 heterocycles. The number of aliphatic hydroxyl groups excluding tert-OH is 2. The van der Waals surface area contributed by atoms with Gasteiger partial charge in [-0.2, -0.15) is 0 Å². The highest BCUT2D eigenvalue weighted by atomic mass is 16.6. The van der Waals surface area contributed by atoms with Crippen LogP contribution in [0.4, 0.5) is 0 Å². The minimum Gasteiger partial charge on any atom is -0.461 e. The zero-order valence-electron chi connectivity index (χ0n) is 21.2. The summed E-state index contributed by atoms with van der Waals surface area (Å²) in [6, 6.07) is 0. The molecule has 0 radical (unpaired) electrons. The molecule has 2 saturated heterocycles. The zero-order valence-corrected chi connectivity index (χ0v) is 21.2. The van der Waals surface area contributed by atoms with Gasteiger partial charge in [-0.25, -0.2) is 0 Å². The maximum absolute atomic E-state index is 13.2. The first-order chi connectivity index (χ1) is 16.2. The minimum atomic E-state index is -1.46. The highest BCUT2D eigenvalue weighted by Gasteiger charge is 2.72. The summed E-state index contributed by atoms with van der Waals surface area (Å²) < 4.78 is 5.82. The second-order valence-corrected chi connectivity index (χ2v) is 13.7. The smallest absolute Gasteiger partial charge is 0.315 e. The van der Waals surface area contributed by atoms with Crippen molar-refractivity contribution in [3.8, 4) is 0 Å². The molecule has 0 amide bonds. The highest BCUT2D eigenvalue weighted by molar-refractivity contribution is 5.97. The normalized spacial score (nSPS) is 61.1. The van der Waals surface area contributed by atoms with Crippen LogP contribution in [0, 0.1) is 45.8 Å². The van der Waals surface area contributed by atoms with Crippen molar-refractivity contribution in [1.29, 1.82) is 0 Å². The lowest BCUT2D eigenvalue weighted by Gasteiger charge is -2.63. The average molecular weight is 489 g/mol. The van der Waals surface area contributed by atoms with Crippen LogP contribution < -0.4 is 0 Å². The molecule has 0 spiro atoms. The average Bonchev–Trinajstić information content (AvgIpc) is 3.03. The molecule has 13 atom stereocenters. The number of hydrogen-bond acceptors (Lipinski definition) is 7. The van der Waals surface area contributed by atoms with Crippen molar-refractivity contribution < 1.29 is 34.8 Å². The molecule has 7 nitrogen and oxygen atoms in total. The maximum atomic E-state index is 13.2. The minimum absolute atomic E-state index is 0.0196. The van der Waals surface area contributed by atoms with Crippen LogP contribution >= 0.6 is 0 Å². The molecule has 4 N–H and O–H groups in total. The van der Waals surface area contributed by atoms with Crippen molar-refractivity contribution in [3.63, 3.8) is 0 Å². The van der Waals surface area contributed by atoms with Crippen LogP contribution in [0.2, 0.25) is 0 Å². The number of hydrogen-bond donors (Lipinski definition) is 4. The number of esters is 1. The molecule has 2 bridgehead atoms. The van der Waals surface area contributed by atoms with E-state index < -0.39 is 40.3 Å². The van der Waals surface area contributed by atoms with E-state index in [1.807, 2.05) is 6.92 Å². The summed E-state index contributed by atoms with van der Waals surface area (Å²) in [5, 5.41) is 45.3. The fourth-order valence-electron chi connectivity index (χ4n) is 10.2. The lowest BCUT2D eigenvalue weighted by atomic mass is 9.42. The van der Waals surface area contributed by atoms with Crippen LogP contribution in [0.1, 0.15) is 72.6 Å². The van der Waals surface area contributed by atoms with Gasteiger partial charge in [0.1, 0.15) is 11.7 Å². The van der Waals surface area contributed by atoms with Gasteiger partial charge in [-0.1, -0.05) is 13.0 Å². The number of carbonyl (C=O) groups is 2. The van der Waals surface area contributed by atoms with Crippen molar-refractivity contribution in [3.05, 3.63) is 12.2 Å². The summed E-state index contributed by atoms with van der Waals surface area (Å²) in [5.41, 5.74) is -4.87. The SMILES string of the molecule is C[C@]12CC[C@H]3[C@@H](C[C@@H](O)[C@@]4(O)CC=CC(=O)[C@]34C)[C@@H]1C[C@@H](O)[C@@H]2[C@@H]1C[C@@]2(C)C(=O)O[C@@H]1C[C@]2(C)O. The van der Waals surface area contributed by atoms with Gasteiger partial charge in [0.2, 0.25) is 0 Å². The fraction of sp³-hybridized carbons (Fsp3) is 0.857. The molecule has 194 valence electrons. The van der Waals surface area contributed by atoms with E-state index >= 15 is 0 Å². The molecular weight excluding hydrogens is 448 g/mol. The van der Waals surface area contributed by atoms with Gasteiger partial charge in [0.25, 0.3) is 0 Å². The molecule has 0 aromatic carbocycles. The standard InChI is InChI=1S/C28H40O7/c1-24-9-7-16-14(10-21(31)28(34)8-5-6-20(30)27(16,28)4)17(24)11-18(29)22(24)15-12-25(2)23(32)35-19(15)13-26(25,3)33/h5-6,14-19,21-22,29,31,33-34H,7-13H2,1-4H3/t14-,15-,16+,17+,18-,19-,21-,22+,24+,25+,26+,27+,28+/m1/s1. The Morgan fingerprint density at radius 2 is 1.69 bits per heavy atom. The fourth-order valence-corrected chi connectivity index (χ4v) is 10.2. The first kappa shape index (κ1) is 24.1. The van der Waals surface area contributed by atoms with Crippen molar-refractivity contribution in [2.75, 3.05) is 0 Å².